The lowest BCUT2D eigenvalue weighted by Crippen LogP contribution is -2.27. The first-order valence-corrected chi connectivity index (χ1v) is 7.79. The maximum absolute atomic E-state index is 5.34. The molecule has 0 radical (unpaired) electrons. The first kappa shape index (κ1) is 14.0. The SMILES string of the molecule is CCc1cccc(NC2CCc3ccc(OC)cc3C2)c1. The second-order valence-corrected chi connectivity index (χ2v) is 5.77. The summed E-state index contributed by atoms with van der Waals surface area (Å²) in [7, 11) is 1.73. The highest BCUT2D eigenvalue weighted by molar-refractivity contribution is 5.48. The average Bonchev–Trinajstić information content (AvgIpc) is 2.54. The van der Waals surface area contributed by atoms with Crippen LogP contribution in [-0.2, 0) is 19.3 Å². The van der Waals surface area contributed by atoms with Crippen molar-refractivity contribution in [3.8, 4) is 5.75 Å². The van der Waals surface area contributed by atoms with Crippen molar-refractivity contribution in [2.45, 2.75) is 38.6 Å². The van der Waals surface area contributed by atoms with Gasteiger partial charge in [0.1, 0.15) is 5.75 Å². The molecule has 0 aromatic heterocycles. The first-order chi connectivity index (χ1) is 10.3. The van der Waals surface area contributed by atoms with E-state index in [1.165, 1.54) is 28.8 Å². The lowest BCUT2D eigenvalue weighted by molar-refractivity contribution is 0.413. The van der Waals surface area contributed by atoms with Crippen molar-refractivity contribution in [1.82, 2.24) is 0 Å². The summed E-state index contributed by atoms with van der Waals surface area (Å²) in [5, 5.41) is 3.69. The molecule has 0 spiro atoms. The summed E-state index contributed by atoms with van der Waals surface area (Å²) in [5.41, 5.74) is 5.52. The highest BCUT2D eigenvalue weighted by Gasteiger charge is 2.19. The van der Waals surface area contributed by atoms with Crippen LogP contribution >= 0.6 is 0 Å². The molecular formula is C19H23NO. The maximum Gasteiger partial charge on any atom is 0.119 e. The first-order valence-electron chi connectivity index (χ1n) is 7.79. The molecule has 110 valence electrons. The van der Waals surface area contributed by atoms with Crippen molar-refractivity contribution < 1.29 is 4.74 Å². The number of fused-ring (bicyclic) bond motifs is 1. The van der Waals surface area contributed by atoms with Gasteiger partial charge in [-0.05, 0) is 66.6 Å². The predicted molar refractivity (Wildman–Crippen MR) is 88.2 cm³/mol. The third-order valence-electron chi connectivity index (χ3n) is 4.35. The Morgan fingerprint density at radius 2 is 2.05 bits per heavy atom. The van der Waals surface area contributed by atoms with Crippen molar-refractivity contribution in [3.05, 3.63) is 59.2 Å². The lowest BCUT2D eigenvalue weighted by Gasteiger charge is -2.27. The standard InChI is InChI=1S/C19H23NO/c1-3-14-5-4-6-17(11-14)20-18-9-7-15-8-10-19(21-2)13-16(15)12-18/h4-6,8,10-11,13,18,20H,3,7,9,12H2,1-2H3. The van der Waals surface area contributed by atoms with Crippen LogP contribution in [0.25, 0.3) is 0 Å². The Kier molecular flexibility index (Phi) is 4.14. The third kappa shape index (κ3) is 3.21. The normalized spacial score (nSPS) is 17.1. The molecule has 1 unspecified atom stereocenters. The number of rotatable bonds is 4. The predicted octanol–water partition coefficient (Wildman–Crippen LogP) is 4.23. The van der Waals surface area contributed by atoms with Gasteiger partial charge in [0, 0.05) is 11.7 Å². The van der Waals surface area contributed by atoms with Crippen LogP contribution in [0.4, 0.5) is 5.69 Å². The van der Waals surface area contributed by atoms with E-state index in [9.17, 15) is 0 Å². The Labute approximate surface area is 127 Å². The zero-order valence-corrected chi connectivity index (χ0v) is 12.9. The van der Waals surface area contributed by atoms with E-state index in [2.05, 4.69) is 54.7 Å². The fourth-order valence-electron chi connectivity index (χ4n) is 3.10. The monoisotopic (exact) mass is 281 g/mol. The minimum Gasteiger partial charge on any atom is -0.497 e. The van der Waals surface area contributed by atoms with Gasteiger partial charge in [-0.15, -0.1) is 0 Å². The molecule has 0 saturated heterocycles. The van der Waals surface area contributed by atoms with Gasteiger partial charge in [0.15, 0.2) is 0 Å². The van der Waals surface area contributed by atoms with Gasteiger partial charge in [-0.25, -0.2) is 0 Å². The van der Waals surface area contributed by atoms with Crippen LogP contribution < -0.4 is 10.1 Å². The molecule has 3 rings (SSSR count). The van der Waals surface area contributed by atoms with Crippen LogP contribution in [0.1, 0.15) is 30.0 Å². The Morgan fingerprint density at radius 3 is 2.86 bits per heavy atom. The van der Waals surface area contributed by atoms with E-state index in [-0.39, 0.29) is 0 Å². The van der Waals surface area contributed by atoms with E-state index in [1.807, 2.05) is 0 Å². The smallest absolute Gasteiger partial charge is 0.119 e. The molecule has 2 heteroatoms. The van der Waals surface area contributed by atoms with Crippen LogP contribution in [0.3, 0.4) is 0 Å². The van der Waals surface area contributed by atoms with E-state index in [4.69, 9.17) is 4.74 Å². The Balaban J connectivity index is 1.73. The van der Waals surface area contributed by atoms with Gasteiger partial charge in [-0.3, -0.25) is 0 Å². The minimum absolute atomic E-state index is 0.511. The van der Waals surface area contributed by atoms with Gasteiger partial charge in [0.25, 0.3) is 0 Å². The molecule has 1 aliphatic rings. The summed E-state index contributed by atoms with van der Waals surface area (Å²) in [4.78, 5) is 0. The van der Waals surface area contributed by atoms with E-state index < -0.39 is 0 Å². The number of ether oxygens (including phenoxy) is 1. The Morgan fingerprint density at radius 1 is 1.14 bits per heavy atom. The van der Waals surface area contributed by atoms with Crippen LogP contribution in [0.2, 0.25) is 0 Å². The van der Waals surface area contributed by atoms with Crippen molar-refractivity contribution in [1.29, 1.82) is 0 Å². The molecule has 0 fully saturated rings. The van der Waals surface area contributed by atoms with Gasteiger partial charge < -0.3 is 10.1 Å². The van der Waals surface area contributed by atoms with Crippen molar-refractivity contribution in [2.24, 2.45) is 0 Å². The van der Waals surface area contributed by atoms with Gasteiger partial charge in [-0.1, -0.05) is 25.1 Å². The molecule has 2 nitrogen and oxygen atoms in total. The number of anilines is 1. The average molecular weight is 281 g/mol. The second kappa shape index (κ2) is 6.21. The van der Waals surface area contributed by atoms with E-state index >= 15 is 0 Å². The van der Waals surface area contributed by atoms with E-state index in [1.54, 1.807) is 7.11 Å². The summed E-state index contributed by atoms with van der Waals surface area (Å²) >= 11 is 0. The highest BCUT2D eigenvalue weighted by atomic mass is 16.5. The Hall–Kier alpha value is -1.96. The largest absolute Gasteiger partial charge is 0.497 e. The quantitative estimate of drug-likeness (QED) is 0.905. The van der Waals surface area contributed by atoms with Crippen LogP contribution in [-0.4, -0.2) is 13.2 Å². The summed E-state index contributed by atoms with van der Waals surface area (Å²) in [5.74, 6) is 0.961. The maximum atomic E-state index is 5.34. The van der Waals surface area contributed by atoms with Crippen LogP contribution in [0.15, 0.2) is 42.5 Å². The topological polar surface area (TPSA) is 21.3 Å². The number of hydrogen-bond donors (Lipinski definition) is 1. The molecule has 0 aliphatic heterocycles. The number of benzene rings is 2. The zero-order valence-electron chi connectivity index (χ0n) is 12.9. The van der Waals surface area contributed by atoms with Crippen LogP contribution in [0, 0.1) is 0 Å². The molecule has 2 aromatic carbocycles. The van der Waals surface area contributed by atoms with Crippen molar-refractivity contribution in [3.63, 3.8) is 0 Å². The summed E-state index contributed by atoms with van der Waals surface area (Å²) < 4.78 is 5.34. The molecule has 0 heterocycles. The molecule has 0 bridgehead atoms. The number of nitrogens with one attached hydrogen (secondary N) is 1. The molecule has 1 N–H and O–H groups in total. The summed E-state index contributed by atoms with van der Waals surface area (Å²) in [6.07, 6.45) is 4.49. The molecular weight excluding hydrogens is 258 g/mol. The second-order valence-electron chi connectivity index (χ2n) is 5.77. The molecule has 2 aromatic rings. The number of methoxy groups -OCH3 is 1. The van der Waals surface area contributed by atoms with Gasteiger partial charge >= 0.3 is 0 Å². The van der Waals surface area contributed by atoms with Gasteiger partial charge in [0.2, 0.25) is 0 Å². The van der Waals surface area contributed by atoms with Crippen LogP contribution in [0.5, 0.6) is 5.75 Å². The minimum atomic E-state index is 0.511. The van der Waals surface area contributed by atoms with Gasteiger partial charge in [-0.2, -0.15) is 0 Å². The van der Waals surface area contributed by atoms with Crippen molar-refractivity contribution >= 4 is 5.69 Å². The number of aryl methyl sites for hydroxylation is 2. The zero-order chi connectivity index (χ0) is 14.7. The number of hydrogen-bond acceptors (Lipinski definition) is 2. The molecule has 0 saturated carbocycles. The van der Waals surface area contributed by atoms with Gasteiger partial charge in [0.05, 0.1) is 7.11 Å². The summed E-state index contributed by atoms with van der Waals surface area (Å²) in [6, 6.07) is 15.7. The Bertz CT molecular complexity index is 621. The fourth-order valence-corrected chi connectivity index (χ4v) is 3.10. The molecule has 0 amide bonds. The molecule has 21 heavy (non-hydrogen) atoms. The molecule has 1 atom stereocenters. The fraction of sp³-hybridized carbons (Fsp3) is 0.368. The highest BCUT2D eigenvalue weighted by Crippen LogP contribution is 2.27. The van der Waals surface area contributed by atoms with E-state index in [0.29, 0.717) is 6.04 Å². The summed E-state index contributed by atoms with van der Waals surface area (Å²) in [6.45, 7) is 2.20. The van der Waals surface area contributed by atoms with Crippen molar-refractivity contribution in [2.75, 3.05) is 12.4 Å². The lowest BCUT2D eigenvalue weighted by atomic mass is 9.88. The third-order valence-corrected chi connectivity index (χ3v) is 4.35. The molecule has 1 aliphatic carbocycles. The van der Waals surface area contributed by atoms with E-state index in [0.717, 1.165) is 25.0 Å².